The van der Waals surface area contributed by atoms with E-state index in [1.807, 2.05) is 118 Å². The molecule has 8 nitrogen and oxygen atoms in total. The summed E-state index contributed by atoms with van der Waals surface area (Å²) < 4.78 is 52.1. The number of benzene rings is 4. The van der Waals surface area contributed by atoms with E-state index >= 15 is 0 Å². The Kier molecular flexibility index (Phi) is 13.2. The summed E-state index contributed by atoms with van der Waals surface area (Å²) in [5.41, 5.74) is 4.21. The molecule has 0 bridgehead atoms. The lowest BCUT2D eigenvalue weighted by Crippen LogP contribution is -2.61. The van der Waals surface area contributed by atoms with Gasteiger partial charge in [-0.05, 0) is 49.4 Å². The van der Waals surface area contributed by atoms with Crippen molar-refractivity contribution in [2.45, 2.75) is 102 Å². The highest BCUT2D eigenvalue weighted by Gasteiger charge is 2.49. The highest BCUT2D eigenvalue weighted by atomic mass is 16.8. The first-order chi connectivity index (χ1) is 24.4. The summed E-state index contributed by atoms with van der Waals surface area (Å²) in [6, 6.07) is 40.5. The van der Waals surface area contributed by atoms with Crippen LogP contribution >= 0.6 is 0 Å². The minimum absolute atomic E-state index is 0.0529. The first-order valence-electron chi connectivity index (χ1n) is 17.6. The van der Waals surface area contributed by atoms with E-state index in [2.05, 4.69) is 24.3 Å². The van der Waals surface area contributed by atoms with Gasteiger partial charge in [0.25, 0.3) is 0 Å². The molecule has 50 heavy (non-hydrogen) atoms. The molecular formula is C42H50O8. The zero-order valence-electron chi connectivity index (χ0n) is 29.3. The molecule has 4 aromatic carbocycles. The van der Waals surface area contributed by atoms with Crippen molar-refractivity contribution < 1.29 is 37.9 Å². The van der Waals surface area contributed by atoms with Crippen LogP contribution in [0.4, 0.5) is 0 Å². The maximum absolute atomic E-state index is 6.81. The monoisotopic (exact) mass is 682 g/mol. The van der Waals surface area contributed by atoms with Gasteiger partial charge in [-0.1, -0.05) is 121 Å². The molecule has 6 rings (SSSR count). The topological polar surface area (TPSA) is 73.8 Å². The fraction of sp³-hybridized carbons (Fsp3) is 0.429. The SMILES string of the molecule is C[C@H]1OC(C)(C)OC1CCOC1OC(COCc2ccccc2)C(OCc2ccccc2)C(OCc2ccccc2)C1OCc1ccccc1. The number of ether oxygens (including phenoxy) is 8. The van der Waals surface area contributed by atoms with Crippen molar-refractivity contribution in [2.24, 2.45) is 0 Å². The third kappa shape index (κ3) is 10.5. The molecule has 0 aromatic heterocycles. The maximum Gasteiger partial charge on any atom is 0.186 e. The van der Waals surface area contributed by atoms with Gasteiger partial charge in [-0.15, -0.1) is 0 Å². The molecule has 4 aromatic rings. The molecule has 0 spiro atoms. The summed E-state index contributed by atoms with van der Waals surface area (Å²) in [5.74, 6) is -0.631. The van der Waals surface area contributed by atoms with Gasteiger partial charge in [0.05, 0.1) is 51.8 Å². The lowest BCUT2D eigenvalue weighted by Gasteiger charge is -2.46. The second kappa shape index (κ2) is 18.2. The molecule has 7 atom stereocenters. The Hall–Kier alpha value is -3.44. The second-order valence-electron chi connectivity index (χ2n) is 13.4. The standard InChI is InChI=1S/C42H50O8/c1-31-36(50-42(2,3)49-31)24-25-44-41-40(47-29-35-22-14-7-15-23-35)39(46-28-34-20-12-6-13-21-34)38(45-27-33-18-10-5-11-19-33)37(48-41)30-43-26-32-16-8-4-9-17-32/h4-23,31,36-41H,24-30H2,1-3H3/t31-,36?,37?,38?,39?,40?,41?/m1/s1. The minimum atomic E-state index is -0.757. The largest absolute Gasteiger partial charge is 0.374 e. The van der Waals surface area contributed by atoms with E-state index < -0.39 is 36.5 Å². The number of rotatable bonds is 17. The Morgan fingerprint density at radius 1 is 0.520 bits per heavy atom. The van der Waals surface area contributed by atoms with Gasteiger partial charge < -0.3 is 37.9 Å². The Balaban J connectivity index is 1.26. The van der Waals surface area contributed by atoms with Crippen molar-refractivity contribution in [2.75, 3.05) is 13.2 Å². The molecule has 0 N–H and O–H groups in total. The molecule has 6 unspecified atom stereocenters. The zero-order chi connectivity index (χ0) is 34.6. The van der Waals surface area contributed by atoms with E-state index in [9.17, 15) is 0 Å². The Morgan fingerprint density at radius 3 is 1.46 bits per heavy atom. The van der Waals surface area contributed by atoms with Crippen LogP contribution in [0.2, 0.25) is 0 Å². The van der Waals surface area contributed by atoms with Crippen LogP contribution < -0.4 is 0 Å². The average Bonchev–Trinajstić information content (AvgIpc) is 3.41. The molecule has 2 fully saturated rings. The molecule has 266 valence electrons. The third-order valence-corrected chi connectivity index (χ3v) is 8.95. The fourth-order valence-electron chi connectivity index (χ4n) is 6.49. The van der Waals surface area contributed by atoms with Crippen LogP contribution in [0.25, 0.3) is 0 Å². The molecule has 0 amide bonds. The summed E-state index contributed by atoms with van der Waals surface area (Å²) in [4.78, 5) is 0. The van der Waals surface area contributed by atoms with E-state index in [1.165, 1.54) is 0 Å². The molecule has 0 radical (unpaired) electrons. The van der Waals surface area contributed by atoms with Gasteiger partial charge in [-0.3, -0.25) is 0 Å². The van der Waals surface area contributed by atoms with Crippen molar-refractivity contribution >= 4 is 0 Å². The van der Waals surface area contributed by atoms with Gasteiger partial charge >= 0.3 is 0 Å². The molecule has 2 saturated heterocycles. The van der Waals surface area contributed by atoms with Gasteiger partial charge in [0.1, 0.15) is 24.4 Å². The Bertz CT molecular complexity index is 1520. The molecule has 8 heteroatoms. The van der Waals surface area contributed by atoms with E-state index in [-0.39, 0.29) is 18.8 Å². The van der Waals surface area contributed by atoms with Crippen LogP contribution in [-0.4, -0.2) is 61.9 Å². The predicted octanol–water partition coefficient (Wildman–Crippen LogP) is 7.63. The normalized spacial score (nSPS) is 26.2. The van der Waals surface area contributed by atoms with Gasteiger partial charge in [0.2, 0.25) is 0 Å². The third-order valence-electron chi connectivity index (χ3n) is 8.95. The Morgan fingerprint density at radius 2 is 0.980 bits per heavy atom. The lowest BCUT2D eigenvalue weighted by atomic mass is 9.97. The van der Waals surface area contributed by atoms with Crippen molar-refractivity contribution in [1.29, 1.82) is 0 Å². The molecule has 0 aliphatic carbocycles. The van der Waals surface area contributed by atoms with Gasteiger partial charge in [0.15, 0.2) is 12.1 Å². The van der Waals surface area contributed by atoms with Crippen LogP contribution in [0.5, 0.6) is 0 Å². The predicted molar refractivity (Wildman–Crippen MR) is 190 cm³/mol. The number of hydrogen-bond acceptors (Lipinski definition) is 8. The first-order valence-corrected chi connectivity index (χ1v) is 17.6. The maximum atomic E-state index is 6.81. The molecular weight excluding hydrogens is 632 g/mol. The average molecular weight is 683 g/mol. The Labute approximate surface area is 296 Å². The summed E-state index contributed by atoms with van der Waals surface area (Å²) in [6.07, 6.45) is -2.47. The van der Waals surface area contributed by atoms with Gasteiger partial charge in [-0.2, -0.15) is 0 Å². The summed E-state index contributed by atoms with van der Waals surface area (Å²) in [5, 5.41) is 0. The van der Waals surface area contributed by atoms with Crippen LogP contribution in [0.1, 0.15) is 49.4 Å². The van der Waals surface area contributed by atoms with Crippen molar-refractivity contribution in [3.8, 4) is 0 Å². The van der Waals surface area contributed by atoms with Crippen LogP contribution in [0, 0.1) is 0 Å². The molecule has 0 saturated carbocycles. The van der Waals surface area contributed by atoms with Crippen LogP contribution in [0.15, 0.2) is 121 Å². The summed E-state index contributed by atoms with van der Waals surface area (Å²) in [6.45, 7) is 8.09. The first kappa shape index (κ1) is 36.4. The van der Waals surface area contributed by atoms with Crippen LogP contribution in [-0.2, 0) is 64.3 Å². The zero-order valence-corrected chi connectivity index (χ0v) is 29.3. The van der Waals surface area contributed by atoms with Crippen LogP contribution in [0.3, 0.4) is 0 Å². The summed E-state index contributed by atoms with van der Waals surface area (Å²) in [7, 11) is 0. The van der Waals surface area contributed by atoms with Crippen molar-refractivity contribution in [1.82, 2.24) is 0 Å². The molecule has 2 aliphatic rings. The second-order valence-corrected chi connectivity index (χ2v) is 13.4. The smallest absolute Gasteiger partial charge is 0.186 e. The number of hydrogen-bond donors (Lipinski definition) is 0. The quantitative estimate of drug-likeness (QED) is 0.113. The highest BCUT2D eigenvalue weighted by molar-refractivity contribution is 5.16. The molecule has 2 heterocycles. The van der Waals surface area contributed by atoms with E-state index in [0.717, 1.165) is 22.3 Å². The van der Waals surface area contributed by atoms with Crippen molar-refractivity contribution in [3.63, 3.8) is 0 Å². The summed E-state index contributed by atoms with van der Waals surface area (Å²) >= 11 is 0. The van der Waals surface area contributed by atoms with Crippen molar-refractivity contribution in [3.05, 3.63) is 144 Å². The van der Waals surface area contributed by atoms with Gasteiger partial charge in [0, 0.05) is 0 Å². The minimum Gasteiger partial charge on any atom is -0.374 e. The fourth-order valence-corrected chi connectivity index (χ4v) is 6.49. The van der Waals surface area contributed by atoms with E-state index in [4.69, 9.17) is 37.9 Å². The molecule has 2 aliphatic heterocycles. The van der Waals surface area contributed by atoms with Gasteiger partial charge in [-0.25, -0.2) is 0 Å². The lowest BCUT2D eigenvalue weighted by molar-refractivity contribution is -0.329. The highest BCUT2D eigenvalue weighted by Crippen LogP contribution is 2.33. The van der Waals surface area contributed by atoms with E-state index in [0.29, 0.717) is 39.5 Å². The van der Waals surface area contributed by atoms with E-state index in [1.54, 1.807) is 0 Å².